The second kappa shape index (κ2) is 14.7. The lowest BCUT2D eigenvalue weighted by molar-refractivity contribution is 0.607. The Kier molecular flexibility index (Phi) is 8.87. The number of thiophene rings is 1. The van der Waals surface area contributed by atoms with Crippen LogP contribution in [0.5, 0.6) is 0 Å². The first-order valence-corrected chi connectivity index (χ1v) is 21.8. The van der Waals surface area contributed by atoms with Crippen molar-refractivity contribution in [2.24, 2.45) is 0 Å². The highest BCUT2D eigenvalue weighted by molar-refractivity contribution is 7.26. The zero-order valence-corrected chi connectivity index (χ0v) is 34.7. The summed E-state index contributed by atoms with van der Waals surface area (Å²) in [5.41, 5.74) is 17.4. The van der Waals surface area contributed by atoms with Gasteiger partial charge in [-0.3, -0.25) is 0 Å². The van der Waals surface area contributed by atoms with Crippen molar-refractivity contribution in [3.63, 3.8) is 0 Å². The fourth-order valence-electron chi connectivity index (χ4n) is 9.57. The lowest BCUT2D eigenvalue weighted by Gasteiger charge is -2.30. The van der Waals surface area contributed by atoms with Crippen molar-refractivity contribution in [2.45, 2.75) is 32.1 Å². The summed E-state index contributed by atoms with van der Waals surface area (Å²) in [7, 11) is 0. The number of hydrogen-bond donors (Lipinski definition) is 0. The van der Waals surface area contributed by atoms with Crippen LogP contribution in [0.25, 0.3) is 48.0 Å². The van der Waals surface area contributed by atoms with Crippen molar-refractivity contribution >= 4 is 71.2 Å². The van der Waals surface area contributed by atoms with E-state index >= 15 is 0 Å². The van der Waals surface area contributed by atoms with Gasteiger partial charge in [0.1, 0.15) is 0 Å². The summed E-state index contributed by atoms with van der Waals surface area (Å²) in [4.78, 5) is 4.74. The summed E-state index contributed by atoms with van der Waals surface area (Å²) < 4.78 is 2.68. The van der Waals surface area contributed by atoms with Gasteiger partial charge in [-0.25, -0.2) is 0 Å². The first-order chi connectivity index (χ1) is 29.5. The summed E-state index contributed by atoms with van der Waals surface area (Å²) in [6.07, 6.45) is 6.92. The molecule has 0 bridgehead atoms. The summed E-state index contributed by atoms with van der Waals surface area (Å²) in [6, 6.07) is 71.0. The average Bonchev–Trinajstić information content (AvgIpc) is 3.80. The molecule has 2 aliphatic carbocycles. The minimum absolute atomic E-state index is 0.0225. The van der Waals surface area contributed by atoms with Crippen LogP contribution in [-0.4, -0.2) is 0 Å². The molecule has 11 rings (SSSR count). The van der Waals surface area contributed by atoms with E-state index in [4.69, 9.17) is 0 Å². The van der Waals surface area contributed by atoms with E-state index in [1.165, 1.54) is 59.1 Å². The lowest BCUT2D eigenvalue weighted by atomic mass is 9.78. The quantitative estimate of drug-likeness (QED) is 0.151. The second-order valence-electron chi connectivity index (χ2n) is 16.5. The Morgan fingerprint density at radius 1 is 0.450 bits per heavy atom. The van der Waals surface area contributed by atoms with Crippen molar-refractivity contribution in [3.8, 4) is 22.3 Å². The number of hydrogen-bond acceptors (Lipinski definition) is 3. The molecule has 0 amide bonds. The molecular formula is C57H44N2S. The molecule has 0 radical (unpaired) electrons. The van der Waals surface area contributed by atoms with Gasteiger partial charge in [-0.15, -0.1) is 11.3 Å². The molecule has 60 heavy (non-hydrogen) atoms. The van der Waals surface area contributed by atoms with Crippen LogP contribution >= 0.6 is 11.3 Å². The SMILES string of the molecule is CC1(C)C2=C(C=CCC2)c2ccc(N(c3ccc(-c4ccc(-c5cccc6c5sc5ccccc56)cc4)cc3)c3ccc(N(c4ccccc4)c4ccccc4)cc3)cc21. The fraction of sp³-hybridized carbons (Fsp3) is 0.0877. The smallest absolute Gasteiger partial charge is 0.0465 e. The number of para-hydroxylation sites is 2. The predicted molar refractivity (Wildman–Crippen MR) is 258 cm³/mol. The highest BCUT2D eigenvalue weighted by atomic mass is 32.1. The van der Waals surface area contributed by atoms with Gasteiger partial charge in [0, 0.05) is 59.7 Å². The Labute approximate surface area is 356 Å². The first-order valence-electron chi connectivity index (χ1n) is 21.0. The van der Waals surface area contributed by atoms with Crippen molar-refractivity contribution in [3.05, 3.63) is 223 Å². The Hall–Kier alpha value is -6.94. The first kappa shape index (κ1) is 36.2. The van der Waals surface area contributed by atoms with E-state index in [-0.39, 0.29) is 5.41 Å². The average molecular weight is 789 g/mol. The van der Waals surface area contributed by atoms with Gasteiger partial charge in [-0.05, 0) is 131 Å². The molecule has 9 aromatic rings. The molecule has 0 atom stereocenters. The van der Waals surface area contributed by atoms with E-state index in [0.717, 1.165) is 47.0 Å². The number of rotatable bonds is 8. The minimum Gasteiger partial charge on any atom is -0.311 e. The van der Waals surface area contributed by atoms with E-state index < -0.39 is 0 Å². The highest BCUT2D eigenvalue weighted by Gasteiger charge is 2.37. The van der Waals surface area contributed by atoms with Crippen molar-refractivity contribution in [1.29, 1.82) is 0 Å². The van der Waals surface area contributed by atoms with Gasteiger partial charge >= 0.3 is 0 Å². The van der Waals surface area contributed by atoms with Crippen molar-refractivity contribution < 1.29 is 0 Å². The molecule has 288 valence electrons. The maximum Gasteiger partial charge on any atom is 0.0465 e. The van der Waals surface area contributed by atoms with Crippen LogP contribution < -0.4 is 9.80 Å². The molecule has 1 aromatic heterocycles. The van der Waals surface area contributed by atoms with Gasteiger partial charge < -0.3 is 9.80 Å². The van der Waals surface area contributed by atoms with Gasteiger partial charge in [0.25, 0.3) is 0 Å². The number of allylic oxidation sites excluding steroid dienone is 4. The summed E-state index contributed by atoms with van der Waals surface area (Å²) in [5.74, 6) is 0. The zero-order chi connectivity index (χ0) is 40.2. The lowest BCUT2D eigenvalue weighted by Crippen LogP contribution is -2.19. The fourth-order valence-corrected chi connectivity index (χ4v) is 10.8. The summed E-state index contributed by atoms with van der Waals surface area (Å²) in [6.45, 7) is 4.81. The standard InChI is InChI=1S/C57H44N2S/c1-57(2)53-22-11-9-18-49(53)50-37-36-47(38-54(50)57)59(46-34-32-45(33-35-46)58(42-14-5-3-6-15-42)43-16-7-4-8-17-43)44-30-28-40(29-31-44)39-24-26-41(27-25-39)48-20-13-21-52-51-19-10-12-23-55(51)60-56(48)52/h3-10,12-21,23-38H,11,22H2,1-2H3. The van der Waals surface area contributed by atoms with Gasteiger partial charge in [0.15, 0.2) is 0 Å². The third-order valence-electron chi connectivity index (χ3n) is 12.6. The molecule has 0 saturated carbocycles. The van der Waals surface area contributed by atoms with E-state index in [9.17, 15) is 0 Å². The molecule has 0 saturated heterocycles. The second-order valence-corrected chi connectivity index (χ2v) is 17.5. The molecule has 1 heterocycles. The Morgan fingerprint density at radius 2 is 0.967 bits per heavy atom. The van der Waals surface area contributed by atoms with Crippen LogP contribution in [0.4, 0.5) is 34.1 Å². The normalized spacial score (nSPS) is 14.0. The molecule has 2 nitrogen and oxygen atoms in total. The topological polar surface area (TPSA) is 6.48 Å². The molecular weight excluding hydrogens is 745 g/mol. The molecule has 8 aromatic carbocycles. The summed E-state index contributed by atoms with van der Waals surface area (Å²) >= 11 is 1.88. The Morgan fingerprint density at radius 3 is 1.63 bits per heavy atom. The van der Waals surface area contributed by atoms with E-state index in [1.54, 1.807) is 5.57 Å². The van der Waals surface area contributed by atoms with Crippen LogP contribution in [0.2, 0.25) is 0 Å². The van der Waals surface area contributed by atoms with E-state index in [1.807, 2.05) is 11.3 Å². The maximum atomic E-state index is 2.44. The van der Waals surface area contributed by atoms with E-state index in [0.29, 0.717) is 0 Å². The van der Waals surface area contributed by atoms with Crippen LogP contribution in [-0.2, 0) is 5.41 Å². The number of anilines is 6. The van der Waals surface area contributed by atoms with Crippen molar-refractivity contribution in [2.75, 3.05) is 9.80 Å². The van der Waals surface area contributed by atoms with Crippen LogP contribution in [0.15, 0.2) is 212 Å². The molecule has 0 fully saturated rings. The maximum absolute atomic E-state index is 2.44. The van der Waals surface area contributed by atoms with Crippen LogP contribution in [0, 0.1) is 0 Å². The molecule has 0 N–H and O–H groups in total. The Balaban J connectivity index is 0.961. The minimum atomic E-state index is -0.0225. The van der Waals surface area contributed by atoms with Crippen LogP contribution in [0.1, 0.15) is 37.8 Å². The zero-order valence-electron chi connectivity index (χ0n) is 33.8. The molecule has 0 spiro atoms. The molecule has 2 aliphatic rings. The molecule has 3 heteroatoms. The van der Waals surface area contributed by atoms with E-state index in [2.05, 4.69) is 230 Å². The van der Waals surface area contributed by atoms with Gasteiger partial charge in [0.05, 0.1) is 0 Å². The molecule has 0 aliphatic heterocycles. The number of fused-ring (bicyclic) bond motifs is 5. The number of nitrogens with zero attached hydrogens (tertiary/aromatic N) is 2. The van der Waals surface area contributed by atoms with Crippen LogP contribution in [0.3, 0.4) is 0 Å². The van der Waals surface area contributed by atoms with Gasteiger partial charge in [-0.2, -0.15) is 0 Å². The largest absolute Gasteiger partial charge is 0.311 e. The summed E-state index contributed by atoms with van der Waals surface area (Å²) in [5, 5.41) is 2.66. The molecule has 0 unspecified atom stereocenters. The monoisotopic (exact) mass is 788 g/mol. The Bertz CT molecular complexity index is 3040. The third kappa shape index (κ3) is 6.17. The van der Waals surface area contributed by atoms with Gasteiger partial charge in [0.2, 0.25) is 0 Å². The highest BCUT2D eigenvalue weighted by Crippen LogP contribution is 2.52. The van der Waals surface area contributed by atoms with Crippen molar-refractivity contribution in [1.82, 2.24) is 0 Å². The van der Waals surface area contributed by atoms with Gasteiger partial charge in [-0.1, -0.05) is 147 Å². The third-order valence-corrected chi connectivity index (χ3v) is 13.8. The predicted octanol–water partition coefficient (Wildman–Crippen LogP) is 16.7. The number of benzene rings is 8.